The van der Waals surface area contributed by atoms with Gasteiger partial charge in [-0.1, -0.05) is 78.9 Å². The molecule has 0 unspecified atom stereocenters. The van der Waals surface area contributed by atoms with E-state index in [0.717, 1.165) is 11.1 Å². The Labute approximate surface area is 196 Å². The average molecular weight is 464 g/mol. The summed E-state index contributed by atoms with van der Waals surface area (Å²) < 4.78 is 19.2. The van der Waals surface area contributed by atoms with Gasteiger partial charge in [0.2, 0.25) is 5.91 Å². The fraction of sp³-hybridized carbons (Fsp3) is 0.192. The van der Waals surface area contributed by atoms with Crippen LogP contribution in [0.4, 0.5) is 9.18 Å². The second kappa shape index (κ2) is 12.2. The monoisotopic (exact) mass is 464 g/mol. The minimum Gasteiger partial charge on any atom is -0.480 e. The van der Waals surface area contributed by atoms with E-state index in [4.69, 9.17) is 4.74 Å². The van der Waals surface area contributed by atoms with E-state index in [9.17, 15) is 23.9 Å². The summed E-state index contributed by atoms with van der Waals surface area (Å²) in [6.45, 7) is 0.0113. The van der Waals surface area contributed by atoms with Crippen LogP contribution in [0.2, 0.25) is 0 Å². The van der Waals surface area contributed by atoms with Crippen LogP contribution in [0.15, 0.2) is 84.9 Å². The van der Waals surface area contributed by atoms with Crippen LogP contribution in [0.5, 0.6) is 0 Å². The highest BCUT2D eigenvalue weighted by Gasteiger charge is 2.28. The van der Waals surface area contributed by atoms with Crippen molar-refractivity contribution in [3.05, 3.63) is 107 Å². The number of hydrogen-bond acceptors (Lipinski definition) is 4. The number of alkyl carbamates (subject to hydrolysis) is 1. The summed E-state index contributed by atoms with van der Waals surface area (Å²) in [6, 6.07) is 21.3. The number of carbonyl (C=O) groups is 3. The normalized spacial score (nSPS) is 12.3. The van der Waals surface area contributed by atoms with Gasteiger partial charge in [0.1, 0.15) is 24.5 Å². The average Bonchev–Trinajstić information content (AvgIpc) is 2.84. The van der Waals surface area contributed by atoms with Crippen LogP contribution < -0.4 is 10.6 Å². The van der Waals surface area contributed by atoms with E-state index in [-0.39, 0.29) is 25.0 Å². The number of nitrogens with one attached hydrogen (secondary N) is 2. The molecule has 34 heavy (non-hydrogen) atoms. The zero-order valence-corrected chi connectivity index (χ0v) is 18.3. The number of ether oxygens (including phenoxy) is 1. The quantitative estimate of drug-likeness (QED) is 0.426. The van der Waals surface area contributed by atoms with E-state index in [1.165, 1.54) is 18.2 Å². The van der Waals surface area contributed by atoms with Crippen molar-refractivity contribution < 1.29 is 28.6 Å². The highest BCUT2D eigenvalue weighted by Crippen LogP contribution is 2.11. The molecule has 3 rings (SSSR count). The van der Waals surface area contributed by atoms with Crippen LogP contribution >= 0.6 is 0 Å². The van der Waals surface area contributed by atoms with Crippen molar-refractivity contribution >= 4 is 18.0 Å². The highest BCUT2D eigenvalue weighted by molar-refractivity contribution is 5.89. The van der Waals surface area contributed by atoms with Gasteiger partial charge in [-0.2, -0.15) is 0 Å². The maximum absolute atomic E-state index is 14.0. The molecule has 8 heteroatoms. The van der Waals surface area contributed by atoms with Crippen molar-refractivity contribution in [1.29, 1.82) is 0 Å². The summed E-state index contributed by atoms with van der Waals surface area (Å²) in [5, 5.41) is 14.5. The van der Waals surface area contributed by atoms with Crippen LogP contribution in [0.3, 0.4) is 0 Å². The van der Waals surface area contributed by atoms with Crippen LogP contribution in [0, 0.1) is 5.82 Å². The molecule has 0 aliphatic rings. The first-order valence-electron chi connectivity index (χ1n) is 10.7. The number of hydrogen-bond donors (Lipinski definition) is 3. The Morgan fingerprint density at radius 2 is 1.35 bits per heavy atom. The Morgan fingerprint density at radius 3 is 1.97 bits per heavy atom. The lowest BCUT2D eigenvalue weighted by Crippen LogP contribution is -2.53. The number of carbonyl (C=O) groups excluding carboxylic acids is 2. The van der Waals surface area contributed by atoms with E-state index in [1.54, 1.807) is 42.5 Å². The van der Waals surface area contributed by atoms with Gasteiger partial charge in [-0.3, -0.25) is 4.79 Å². The van der Waals surface area contributed by atoms with Crippen molar-refractivity contribution in [2.24, 2.45) is 0 Å². The van der Waals surface area contributed by atoms with Gasteiger partial charge in [0.15, 0.2) is 0 Å². The molecule has 2 atom stereocenters. The molecule has 3 aromatic carbocycles. The molecule has 7 nitrogen and oxygen atoms in total. The summed E-state index contributed by atoms with van der Waals surface area (Å²) in [4.78, 5) is 37.2. The van der Waals surface area contributed by atoms with Gasteiger partial charge >= 0.3 is 12.1 Å². The Kier molecular flexibility index (Phi) is 8.73. The number of amides is 2. The second-order valence-corrected chi connectivity index (χ2v) is 7.64. The van der Waals surface area contributed by atoms with Crippen LogP contribution in [-0.2, 0) is 33.8 Å². The first-order chi connectivity index (χ1) is 16.4. The third-order valence-electron chi connectivity index (χ3n) is 5.10. The minimum atomic E-state index is -1.38. The highest BCUT2D eigenvalue weighted by atomic mass is 19.1. The summed E-state index contributed by atoms with van der Waals surface area (Å²) in [5.74, 6) is -2.60. The zero-order valence-electron chi connectivity index (χ0n) is 18.3. The standard InChI is InChI=1S/C26H25FN2O5/c27-21-14-8-7-13-20(21)16-23(25(31)32)28-24(30)22(15-18-9-3-1-4-10-18)29-26(33)34-17-19-11-5-2-6-12-19/h1-14,22-23H,15-17H2,(H,28,30)(H,29,33)(H,31,32)/t22-,23-/m0/s1. The molecule has 3 N–H and O–H groups in total. The fourth-order valence-corrected chi connectivity index (χ4v) is 3.32. The summed E-state index contributed by atoms with van der Waals surface area (Å²) in [7, 11) is 0. The Bertz CT molecular complexity index is 1110. The zero-order chi connectivity index (χ0) is 24.3. The maximum Gasteiger partial charge on any atom is 0.408 e. The molecule has 176 valence electrons. The molecule has 0 bridgehead atoms. The van der Waals surface area contributed by atoms with E-state index in [2.05, 4.69) is 10.6 Å². The van der Waals surface area contributed by atoms with E-state index in [1.807, 2.05) is 24.3 Å². The largest absolute Gasteiger partial charge is 0.480 e. The molecule has 0 heterocycles. The molecule has 0 spiro atoms. The molecule has 0 aromatic heterocycles. The Morgan fingerprint density at radius 1 is 0.765 bits per heavy atom. The lowest BCUT2D eigenvalue weighted by atomic mass is 10.0. The van der Waals surface area contributed by atoms with Crippen LogP contribution in [0.25, 0.3) is 0 Å². The fourth-order valence-electron chi connectivity index (χ4n) is 3.32. The molecule has 0 saturated heterocycles. The number of aliphatic carboxylic acids is 1. The summed E-state index contributed by atoms with van der Waals surface area (Å²) in [6.07, 6.45) is -0.954. The van der Waals surface area contributed by atoms with Crippen molar-refractivity contribution in [3.63, 3.8) is 0 Å². The lowest BCUT2D eigenvalue weighted by molar-refractivity contribution is -0.142. The van der Waals surface area contributed by atoms with Gasteiger partial charge in [0.05, 0.1) is 0 Å². The summed E-state index contributed by atoms with van der Waals surface area (Å²) >= 11 is 0. The number of rotatable bonds is 10. The van der Waals surface area contributed by atoms with Gasteiger partial charge in [0.25, 0.3) is 0 Å². The Hall–Kier alpha value is -4.20. The van der Waals surface area contributed by atoms with E-state index in [0.29, 0.717) is 0 Å². The predicted molar refractivity (Wildman–Crippen MR) is 123 cm³/mol. The number of benzene rings is 3. The van der Waals surface area contributed by atoms with Gasteiger partial charge in [0, 0.05) is 12.8 Å². The minimum absolute atomic E-state index is 0.0113. The smallest absolute Gasteiger partial charge is 0.408 e. The Balaban J connectivity index is 1.70. The molecule has 0 radical (unpaired) electrons. The molecule has 0 aliphatic heterocycles. The van der Waals surface area contributed by atoms with Crippen molar-refractivity contribution in [2.75, 3.05) is 0 Å². The molecular formula is C26H25FN2O5. The van der Waals surface area contributed by atoms with E-state index < -0.39 is 35.9 Å². The summed E-state index contributed by atoms with van der Waals surface area (Å²) in [5.41, 5.74) is 1.69. The number of carboxylic acid groups (broad SMARTS) is 1. The van der Waals surface area contributed by atoms with Gasteiger partial charge < -0.3 is 20.5 Å². The van der Waals surface area contributed by atoms with Gasteiger partial charge in [-0.25, -0.2) is 14.0 Å². The predicted octanol–water partition coefficient (Wildman–Crippen LogP) is 3.48. The van der Waals surface area contributed by atoms with Gasteiger partial charge in [-0.05, 0) is 22.8 Å². The SMILES string of the molecule is O=C(N[C@@H](Cc1ccccc1)C(=O)N[C@@H](Cc1ccccc1F)C(=O)O)OCc1ccccc1. The topological polar surface area (TPSA) is 105 Å². The van der Waals surface area contributed by atoms with Crippen LogP contribution in [0.1, 0.15) is 16.7 Å². The maximum atomic E-state index is 14.0. The molecule has 3 aromatic rings. The third-order valence-corrected chi connectivity index (χ3v) is 5.10. The second-order valence-electron chi connectivity index (χ2n) is 7.64. The first-order valence-corrected chi connectivity index (χ1v) is 10.7. The van der Waals surface area contributed by atoms with Crippen LogP contribution in [-0.4, -0.2) is 35.2 Å². The van der Waals surface area contributed by atoms with Crippen molar-refractivity contribution in [1.82, 2.24) is 10.6 Å². The van der Waals surface area contributed by atoms with Crippen molar-refractivity contribution in [2.45, 2.75) is 31.5 Å². The first kappa shape index (κ1) is 24.4. The molecule has 0 saturated carbocycles. The molecular weight excluding hydrogens is 439 g/mol. The third kappa shape index (κ3) is 7.44. The molecule has 0 fully saturated rings. The number of halogens is 1. The van der Waals surface area contributed by atoms with E-state index >= 15 is 0 Å². The van der Waals surface area contributed by atoms with Gasteiger partial charge in [-0.15, -0.1) is 0 Å². The molecule has 2 amide bonds. The molecule has 0 aliphatic carbocycles. The lowest BCUT2D eigenvalue weighted by Gasteiger charge is -2.22. The number of carboxylic acids is 1. The van der Waals surface area contributed by atoms with Crippen molar-refractivity contribution in [3.8, 4) is 0 Å².